The molecule has 0 aliphatic carbocycles. The second-order valence-corrected chi connectivity index (χ2v) is 4.98. The Balaban J connectivity index is 2.84. The van der Waals surface area contributed by atoms with E-state index in [9.17, 15) is 31.5 Å². The summed E-state index contributed by atoms with van der Waals surface area (Å²) < 4.78 is 63.8. The van der Waals surface area contributed by atoms with E-state index in [1.165, 1.54) is 0 Å². The molecule has 0 fully saturated rings. The number of nitrogens with one attached hydrogen (secondary N) is 1. The number of rotatable bonds is 5. The Morgan fingerprint density at radius 3 is 2.21 bits per heavy atom. The van der Waals surface area contributed by atoms with Gasteiger partial charge in [-0.25, -0.2) is 13.1 Å². The van der Waals surface area contributed by atoms with Gasteiger partial charge in [0.15, 0.2) is 0 Å². The van der Waals surface area contributed by atoms with Crippen molar-refractivity contribution in [2.45, 2.75) is 11.3 Å². The highest BCUT2D eigenvalue weighted by Gasteiger charge is 2.31. The smallest absolute Gasteiger partial charge is 0.549 e. The molecule has 0 aromatic heterocycles. The molecule has 0 aliphatic rings. The summed E-state index contributed by atoms with van der Waals surface area (Å²) in [6.07, 6.45) is -4.88. The third kappa shape index (κ3) is 5.14. The van der Waals surface area contributed by atoms with E-state index in [0.29, 0.717) is 0 Å². The molecule has 0 amide bonds. The first kappa shape index (κ1) is 15.2. The van der Waals surface area contributed by atoms with E-state index < -0.39 is 39.5 Å². The largest absolute Gasteiger partial charge is 0.573 e. The van der Waals surface area contributed by atoms with Crippen molar-refractivity contribution in [1.29, 1.82) is 0 Å². The lowest BCUT2D eigenvalue weighted by Crippen LogP contribution is -2.37. The molecular weight excluding hydrogens is 291 g/mol. The predicted octanol–water partition coefficient (Wildman–Crippen LogP) is -0.387. The Kier molecular flexibility index (Phi) is 4.37. The number of alkyl halides is 3. The van der Waals surface area contributed by atoms with Crippen LogP contribution >= 0.6 is 0 Å². The van der Waals surface area contributed by atoms with Crippen molar-refractivity contribution >= 4 is 16.0 Å². The molecule has 106 valence electrons. The van der Waals surface area contributed by atoms with Crippen molar-refractivity contribution in [1.82, 2.24) is 4.72 Å². The van der Waals surface area contributed by atoms with Crippen LogP contribution in [0.5, 0.6) is 5.75 Å². The molecule has 10 heteroatoms. The third-order valence-electron chi connectivity index (χ3n) is 1.77. The first-order valence-electron chi connectivity index (χ1n) is 4.65. The number of sulfonamides is 1. The molecular formula is C9H7F3NO5S-. The maximum Gasteiger partial charge on any atom is 0.573 e. The van der Waals surface area contributed by atoms with Crippen LogP contribution < -0.4 is 14.6 Å². The SMILES string of the molecule is O=C([O-])CNS(=O)(=O)c1ccc(OC(F)(F)F)cc1. The summed E-state index contributed by atoms with van der Waals surface area (Å²) in [7, 11) is -4.12. The molecule has 0 bridgehead atoms. The Morgan fingerprint density at radius 1 is 1.26 bits per heavy atom. The number of halogens is 3. The van der Waals surface area contributed by atoms with Gasteiger partial charge < -0.3 is 14.6 Å². The van der Waals surface area contributed by atoms with E-state index in [4.69, 9.17) is 0 Å². The average molecular weight is 298 g/mol. The van der Waals surface area contributed by atoms with Gasteiger partial charge in [-0.3, -0.25) is 0 Å². The molecule has 0 aliphatic heterocycles. The fourth-order valence-electron chi connectivity index (χ4n) is 1.06. The topological polar surface area (TPSA) is 95.5 Å². The number of hydrogen-bond acceptors (Lipinski definition) is 5. The van der Waals surface area contributed by atoms with Crippen LogP contribution in [0.2, 0.25) is 0 Å². The van der Waals surface area contributed by atoms with E-state index in [1.807, 2.05) is 0 Å². The lowest BCUT2D eigenvalue weighted by molar-refractivity contribution is -0.303. The van der Waals surface area contributed by atoms with Gasteiger partial charge in [0, 0.05) is 0 Å². The molecule has 1 aromatic rings. The van der Waals surface area contributed by atoms with Gasteiger partial charge in [-0.05, 0) is 24.3 Å². The van der Waals surface area contributed by atoms with Gasteiger partial charge in [-0.1, -0.05) is 0 Å². The molecule has 1 aromatic carbocycles. The van der Waals surface area contributed by atoms with Crippen LogP contribution in [0.25, 0.3) is 0 Å². The van der Waals surface area contributed by atoms with Crippen molar-refractivity contribution in [2.24, 2.45) is 0 Å². The summed E-state index contributed by atoms with van der Waals surface area (Å²) in [6, 6.07) is 3.28. The van der Waals surface area contributed by atoms with Crippen molar-refractivity contribution in [3.63, 3.8) is 0 Å². The fraction of sp³-hybridized carbons (Fsp3) is 0.222. The Hall–Kier alpha value is -1.81. The molecule has 0 heterocycles. The summed E-state index contributed by atoms with van der Waals surface area (Å²) >= 11 is 0. The molecule has 0 radical (unpaired) electrons. The number of aliphatic carboxylic acids is 1. The number of ether oxygens (including phenoxy) is 1. The highest BCUT2D eigenvalue weighted by Crippen LogP contribution is 2.23. The highest BCUT2D eigenvalue weighted by molar-refractivity contribution is 7.89. The van der Waals surface area contributed by atoms with Crippen molar-refractivity contribution < 1.29 is 36.2 Å². The van der Waals surface area contributed by atoms with Crippen LogP contribution in [0.4, 0.5) is 13.2 Å². The van der Waals surface area contributed by atoms with Gasteiger partial charge >= 0.3 is 6.36 Å². The lowest BCUT2D eigenvalue weighted by Gasteiger charge is -2.10. The monoisotopic (exact) mass is 298 g/mol. The molecule has 0 atom stereocenters. The molecule has 0 unspecified atom stereocenters. The fourth-order valence-corrected chi connectivity index (χ4v) is 2.03. The Labute approximate surface area is 105 Å². The summed E-state index contributed by atoms with van der Waals surface area (Å²) in [4.78, 5) is 9.71. The molecule has 6 nitrogen and oxygen atoms in total. The molecule has 0 spiro atoms. The van der Waals surface area contributed by atoms with Crippen LogP contribution in [0, 0.1) is 0 Å². The summed E-state index contributed by atoms with van der Waals surface area (Å²) in [6.45, 7) is -0.941. The van der Waals surface area contributed by atoms with Gasteiger partial charge in [0.1, 0.15) is 5.75 Å². The zero-order chi connectivity index (χ0) is 14.7. The quantitative estimate of drug-likeness (QED) is 0.799. The van der Waals surface area contributed by atoms with Gasteiger partial charge in [-0.2, -0.15) is 0 Å². The maximum atomic E-state index is 11.9. The van der Waals surface area contributed by atoms with Crippen LogP contribution in [0.15, 0.2) is 29.2 Å². The molecule has 0 saturated heterocycles. The van der Waals surface area contributed by atoms with Gasteiger partial charge in [-0.15, -0.1) is 13.2 Å². The predicted molar refractivity (Wildman–Crippen MR) is 53.3 cm³/mol. The lowest BCUT2D eigenvalue weighted by atomic mass is 10.3. The number of carboxylic acids is 1. The first-order valence-corrected chi connectivity index (χ1v) is 6.14. The van der Waals surface area contributed by atoms with E-state index in [1.54, 1.807) is 4.72 Å². The zero-order valence-electron chi connectivity index (χ0n) is 9.10. The minimum absolute atomic E-state index is 0.400. The number of benzene rings is 1. The van der Waals surface area contributed by atoms with Crippen molar-refractivity contribution in [3.8, 4) is 5.75 Å². The van der Waals surface area contributed by atoms with E-state index in [0.717, 1.165) is 24.3 Å². The minimum Gasteiger partial charge on any atom is -0.549 e. The second kappa shape index (κ2) is 5.45. The van der Waals surface area contributed by atoms with E-state index in [2.05, 4.69) is 4.74 Å². The Bertz CT molecular complexity index is 552. The van der Waals surface area contributed by atoms with Crippen molar-refractivity contribution in [2.75, 3.05) is 6.54 Å². The van der Waals surface area contributed by atoms with Crippen molar-refractivity contribution in [3.05, 3.63) is 24.3 Å². The normalized spacial score (nSPS) is 12.2. The van der Waals surface area contributed by atoms with Crippen LogP contribution in [0.1, 0.15) is 0 Å². The number of carbonyl (C=O) groups is 1. The van der Waals surface area contributed by atoms with Crippen LogP contribution in [-0.2, 0) is 14.8 Å². The zero-order valence-corrected chi connectivity index (χ0v) is 9.92. The van der Waals surface area contributed by atoms with Gasteiger partial charge in [0.2, 0.25) is 10.0 Å². The van der Waals surface area contributed by atoms with E-state index >= 15 is 0 Å². The van der Waals surface area contributed by atoms with Gasteiger partial charge in [0.05, 0.1) is 17.4 Å². The molecule has 0 saturated carbocycles. The minimum atomic E-state index is -4.88. The molecule has 1 rings (SSSR count). The maximum absolute atomic E-state index is 11.9. The Morgan fingerprint density at radius 2 is 1.79 bits per heavy atom. The van der Waals surface area contributed by atoms with Gasteiger partial charge in [0.25, 0.3) is 0 Å². The number of carboxylic acid groups (broad SMARTS) is 1. The van der Waals surface area contributed by atoms with Crippen LogP contribution in [-0.4, -0.2) is 27.3 Å². The summed E-state index contributed by atoms with van der Waals surface area (Å²) in [5, 5.41) is 10.1. The van der Waals surface area contributed by atoms with E-state index in [-0.39, 0.29) is 0 Å². The first-order chi connectivity index (χ1) is 8.60. The third-order valence-corrected chi connectivity index (χ3v) is 3.19. The highest BCUT2D eigenvalue weighted by atomic mass is 32.2. The average Bonchev–Trinajstić information content (AvgIpc) is 2.25. The van der Waals surface area contributed by atoms with Crippen LogP contribution in [0.3, 0.4) is 0 Å². The summed E-state index contributed by atoms with van der Waals surface area (Å²) in [5.74, 6) is -2.23. The number of hydrogen-bond donors (Lipinski definition) is 1. The molecule has 19 heavy (non-hydrogen) atoms. The summed E-state index contributed by atoms with van der Waals surface area (Å²) in [5.41, 5.74) is 0. The molecule has 1 N–H and O–H groups in total. The number of carbonyl (C=O) groups excluding carboxylic acids is 1. The second-order valence-electron chi connectivity index (χ2n) is 3.22. The standard InChI is InChI=1S/C9H8F3NO5S/c10-9(11,12)18-6-1-3-7(4-2-6)19(16,17)13-5-8(14)15/h1-4,13H,5H2,(H,14,15)/p-1.